The van der Waals surface area contributed by atoms with Gasteiger partial charge in [0.1, 0.15) is 0 Å². The molecule has 2 rings (SSSR count). The van der Waals surface area contributed by atoms with Gasteiger partial charge in [0.15, 0.2) is 0 Å². The van der Waals surface area contributed by atoms with Crippen molar-refractivity contribution in [2.45, 2.75) is 13.3 Å². The summed E-state index contributed by atoms with van der Waals surface area (Å²) in [5.41, 5.74) is 1.32. The first-order chi connectivity index (χ1) is 7.90. The molecule has 0 aliphatic carbocycles. The number of thiophene rings is 1. The third-order valence-corrected chi connectivity index (χ3v) is 3.71. The van der Waals surface area contributed by atoms with Gasteiger partial charge in [0.25, 0.3) is 0 Å². The monoisotopic (exact) mass is 231 g/mol. The second-order valence-corrected chi connectivity index (χ2v) is 4.90. The van der Waals surface area contributed by atoms with Crippen LogP contribution in [0.25, 0.3) is 10.4 Å². The molecule has 0 saturated heterocycles. The minimum absolute atomic E-state index is 1.05. The lowest BCUT2D eigenvalue weighted by atomic mass is 10.2. The summed E-state index contributed by atoms with van der Waals surface area (Å²) in [7, 11) is 0. The average molecular weight is 231 g/mol. The van der Waals surface area contributed by atoms with Crippen molar-refractivity contribution in [3.63, 3.8) is 0 Å². The highest BCUT2D eigenvalue weighted by molar-refractivity contribution is 7.15. The molecular weight excluding hydrogens is 214 g/mol. The normalized spacial score (nSPS) is 10.6. The van der Waals surface area contributed by atoms with Gasteiger partial charge in [0.05, 0.1) is 0 Å². The van der Waals surface area contributed by atoms with Crippen LogP contribution in [-0.2, 0) is 6.42 Å². The molecule has 1 aromatic heterocycles. The molecule has 0 bridgehead atoms. The van der Waals surface area contributed by atoms with Crippen LogP contribution < -0.4 is 5.32 Å². The fourth-order valence-corrected chi connectivity index (χ4v) is 2.67. The maximum Gasteiger partial charge on any atom is 0.0345 e. The van der Waals surface area contributed by atoms with E-state index in [-0.39, 0.29) is 0 Å². The first kappa shape index (κ1) is 11.4. The summed E-state index contributed by atoms with van der Waals surface area (Å²) < 4.78 is 0. The molecule has 0 amide bonds. The molecule has 1 heterocycles. The third-order valence-electron chi connectivity index (χ3n) is 2.52. The fourth-order valence-electron chi connectivity index (χ4n) is 1.66. The Morgan fingerprint density at radius 2 is 1.88 bits per heavy atom. The lowest BCUT2D eigenvalue weighted by molar-refractivity contribution is 0.721. The Hall–Kier alpha value is -1.12. The smallest absolute Gasteiger partial charge is 0.0345 e. The molecule has 0 fully saturated rings. The molecule has 2 heteroatoms. The van der Waals surface area contributed by atoms with E-state index in [1.807, 2.05) is 11.3 Å². The minimum atomic E-state index is 1.05. The Kier molecular flexibility index (Phi) is 4.14. The molecule has 2 aromatic rings. The quantitative estimate of drug-likeness (QED) is 0.776. The van der Waals surface area contributed by atoms with Crippen LogP contribution >= 0.6 is 11.3 Å². The van der Waals surface area contributed by atoms with Crippen LogP contribution in [0.2, 0.25) is 0 Å². The van der Waals surface area contributed by atoms with Crippen molar-refractivity contribution in [1.29, 1.82) is 0 Å². The molecule has 0 spiro atoms. The summed E-state index contributed by atoms with van der Waals surface area (Å²) in [5.74, 6) is 0. The number of benzene rings is 1. The molecule has 0 unspecified atom stereocenters. The number of likely N-dealkylation sites (N-methyl/N-ethyl adjacent to an activating group) is 1. The fraction of sp³-hybridized carbons (Fsp3) is 0.286. The van der Waals surface area contributed by atoms with Gasteiger partial charge in [-0.3, -0.25) is 0 Å². The minimum Gasteiger partial charge on any atom is -0.317 e. The molecular formula is C14H17NS. The van der Waals surface area contributed by atoms with E-state index in [0.717, 1.165) is 19.5 Å². The number of nitrogens with one attached hydrogen (secondary N) is 1. The van der Waals surface area contributed by atoms with Crippen molar-refractivity contribution in [2.24, 2.45) is 0 Å². The van der Waals surface area contributed by atoms with Gasteiger partial charge >= 0.3 is 0 Å². The van der Waals surface area contributed by atoms with Crippen molar-refractivity contribution >= 4 is 11.3 Å². The second-order valence-electron chi connectivity index (χ2n) is 3.74. The maximum absolute atomic E-state index is 3.35. The Morgan fingerprint density at radius 3 is 2.62 bits per heavy atom. The Bertz CT molecular complexity index is 419. The lowest BCUT2D eigenvalue weighted by Gasteiger charge is -1.98. The number of hydrogen-bond donors (Lipinski definition) is 1. The zero-order valence-electron chi connectivity index (χ0n) is 9.57. The van der Waals surface area contributed by atoms with Crippen LogP contribution in [0.4, 0.5) is 0 Å². The molecule has 0 aliphatic heterocycles. The molecule has 0 saturated carbocycles. The van der Waals surface area contributed by atoms with Crippen LogP contribution in [0.5, 0.6) is 0 Å². The predicted molar refractivity (Wildman–Crippen MR) is 72.0 cm³/mol. The average Bonchev–Trinajstić information content (AvgIpc) is 2.79. The first-order valence-corrected chi connectivity index (χ1v) is 6.56. The van der Waals surface area contributed by atoms with Gasteiger partial charge in [-0.2, -0.15) is 0 Å². The standard InChI is InChI=1S/C14H17NS/c1-2-15-11-10-13-8-9-14(16-13)12-6-4-3-5-7-12/h3-9,15H,2,10-11H2,1H3. The van der Waals surface area contributed by atoms with E-state index in [2.05, 4.69) is 54.7 Å². The number of hydrogen-bond acceptors (Lipinski definition) is 2. The highest BCUT2D eigenvalue weighted by Crippen LogP contribution is 2.27. The van der Waals surface area contributed by atoms with Crippen molar-refractivity contribution < 1.29 is 0 Å². The topological polar surface area (TPSA) is 12.0 Å². The first-order valence-electron chi connectivity index (χ1n) is 5.75. The van der Waals surface area contributed by atoms with Gasteiger partial charge in [-0.25, -0.2) is 0 Å². The van der Waals surface area contributed by atoms with Gasteiger partial charge in [0.2, 0.25) is 0 Å². The van der Waals surface area contributed by atoms with Gasteiger partial charge in [0, 0.05) is 9.75 Å². The van der Waals surface area contributed by atoms with E-state index in [0.29, 0.717) is 0 Å². The third kappa shape index (κ3) is 2.94. The van der Waals surface area contributed by atoms with Crippen LogP contribution in [0.1, 0.15) is 11.8 Å². The van der Waals surface area contributed by atoms with E-state index in [1.54, 1.807) is 0 Å². The van der Waals surface area contributed by atoms with E-state index >= 15 is 0 Å². The Morgan fingerprint density at radius 1 is 1.06 bits per heavy atom. The molecule has 1 N–H and O–H groups in total. The Balaban J connectivity index is 2.02. The molecule has 1 nitrogen and oxygen atoms in total. The van der Waals surface area contributed by atoms with Crippen LogP contribution in [0.3, 0.4) is 0 Å². The zero-order valence-corrected chi connectivity index (χ0v) is 10.4. The van der Waals surface area contributed by atoms with Gasteiger partial charge in [-0.15, -0.1) is 11.3 Å². The molecule has 16 heavy (non-hydrogen) atoms. The largest absolute Gasteiger partial charge is 0.317 e. The van der Waals surface area contributed by atoms with E-state index in [1.165, 1.54) is 15.3 Å². The van der Waals surface area contributed by atoms with E-state index in [4.69, 9.17) is 0 Å². The van der Waals surface area contributed by atoms with E-state index in [9.17, 15) is 0 Å². The van der Waals surface area contributed by atoms with Crippen LogP contribution in [-0.4, -0.2) is 13.1 Å². The van der Waals surface area contributed by atoms with Gasteiger partial charge < -0.3 is 5.32 Å². The Labute approximate surface area is 101 Å². The molecule has 0 aliphatic rings. The van der Waals surface area contributed by atoms with Crippen molar-refractivity contribution in [2.75, 3.05) is 13.1 Å². The summed E-state index contributed by atoms with van der Waals surface area (Å²) in [6.45, 7) is 4.27. The lowest BCUT2D eigenvalue weighted by Crippen LogP contribution is -2.15. The highest BCUT2D eigenvalue weighted by atomic mass is 32.1. The summed E-state index contributed by atoms with van der Waals surface area (Å²) in [4.78, 5) is 2.83. The number of rotatable bonds is 5. The second kappa shape index (κ2) is 5.83. The van der Waals surface area contributed by atoms with Crippen LogP contribution in [0.15, 0.2) is 42.5 Å². The van der Waals surface area contributed by atoms with Crippen molar-refractivity contribution in [3.8, 4) is 10.4 Å². The SMILES string of the molecule is CCNCCc1ccc(-c2ccccc2)s1. The molecule has 0 atom stereocenters. The molecule has 84 valence electrons. The summed E-state index contributed by atoms with van der Waals surface area (Å²) in [6.07, 6.45) is 1.13. The molecule has 0 radical (unpaired) electrons. The van der Waals surface area contributed by atoms with E-state index < -0.39 is 0 Å². The van der Waals surface area contributed by atoms with Crippen molar-refractivity contribution in [3.05, 3.63) is 47.3 Å². The van der Waals surface area contributed by atoms with Gasteiger partial charge in [-0.1, -0.05) is 37.3 Å². The van der Waals surface area contributed by atoms with Gasteiger partial charge in [-0.05, 0) is 37.2 Å². The summed E-state index contributed by atoms with van der Waals surface area (Å²) in [5, 5.41) is 3.35. The van der Waals surface area contributed by atoms with Crippen molar-refractivity contribution in [1.82, 2.24) is 5.32 Å². The maximum atomic E-state index is 3.35. The molecule has 1 aromatic carbocycles. The van der Waals surface area contributed by atoms with Crippen LogP contribution in [0, 0.1) is 0 Å². The summed E-state index contributed by atoms with van der Waals surface area (Å²) in [6, 6.07) is 15.0. The highest BCUT2D eigenvalue weighted by Gasteiger charge is 2.01. The predicted octanol–water partition coefficient (Wildman–Crippen LogP) is 3.57. The summed E-state index contributed by atoms with van der Waals surface area (Å²) >= 11 is 1.90. The zero-order chi connectivity index (χ0) is 11.2.